The molecule has 0 unspecified atom stereocenters. The van der Waals surface area contributed by atoms with Crippen LogP contribution in [0.4, 0.5) is 5.82 Å². The zero-order valence-corrected chi connectivity index (χ0v) is 35.3. The Balaban J connectivity index is 0.000000279. The summed E-state index contributed by atoms with van der Waals surface area (Å²) in [7, 11) is 0. The Labute approximate surface area is 334 Å². The number of carbonyl (C=O) groups is 2. The van der Waals surface area contributed by atoms with Gasteiger partial charge in [0, 0.05) is 30.8 Å². The number of hydrogen-bond acceptors (Lipinski definition) is 4. The van der Waals surface area contributed by atoms with E-state index in [1.54, 1.807) is 18.2 Å². The van der Waals surface area contributed by atoms with Gasteiger partial charge in [0.25, 0.3) is 11.5 Å². The lowest BCUT2D eigenvalue weighted by Gasteiger charge is -2.42. The Bertz CT molecular complexity index is 2150. The van der Waals surface area contributed by atoms with Crippen LogP contribution >= 0.6 is 0 Å². The van der Waals surface area contributed by atoms with Gasteiger partial charge in [-0.25, -0.2) is 0 Å². The fourth-order valence-electron chi connectivity index (χ4n) is 7.05. The first-order chi connectivity index (χ1) is 26.6. The maximum atomic E-state index is 12.1. The van der Waals surface area contributed by atoms with Crippen molar-refractivity contribution in [1.82, 2.24) is 15.3 Å². The fourth-order valence-corrected chi connectivity index (χ4v) is 7.05. The SMILES string of the molecule is C=C(c1ccc(C)cc1)c1cc2c(cc1C)C(C)(C)CCC2(C)C.CC.CC.Nc1cc2[nH]cc(CCc3ccc(C(=O)NCCCC(=O)O)cc3)c2c(=O)[nH]1. The number of anilines is 1. The minimum absolute atomic E-state index is 0.0302. The van der Waals surface area contributed by atoms with E-state index in [2.05, 4.69) is 99.8 Å². The number of carboxylic acids is 1. The first kappa shape index (κ1) is 45.0. The third-order valence-corrected chi connectivity index (χ3v) is 10.5. The molecule has 5 aromatic rings. The molecule has 300 valence electrons. The predicted molar refractivity (Wildman–Crippen MR) is 235 cm³/mol. The number of pyridine rings is 1. The maximum absolute atomic E-state index is 12.1. The van der Waals surface area contributed by atoms with Gasteiger partial charge >= 0.3 is 5.97 Å². The number of aliphatic carboxylic acids is 1. The largest absolute Gasteiger partial charge is 0.481 e. The minimum Gasteiger partial charge on any atom is -0.481 e. The van der Waals surface area contributed by atoms with Crippen molar-refractivity contribution < 1.29 is 14.7 Å². The van der Waals surface area contributed by atoms with Crippen LogP contribution in [0.3, 0.4) is 0 Å². The molecule has 8 nitrogen and oxygen atoms in total. The lowest BCUT2D eigenvalue weighted by molar-refractivity contribution is -0.137. The highest BCUT2D eigenvalue weighted by molar-refractivity contribution is 5.94. The van der Waals surface area contributed by atoms with E-state index in [9.17, 15) is 14.4 Å². The number of fused-ring (bicyclic) bond motifs is 2. The standard InChI is InChI=1S/C24H30.C20H22N4O4.2C2H6/c1-16-8-10-19(11-9-16)18(3)20-15-22-21(14-17(20)2)23(4,5)12-13-24(22,6)7;21-16-10-15-18(20(28)24-16)14(11-23-15)8-5-12-3-6-13(7-4-12)19(27)22-9-1-2-17(25)26;2*1-2/h8-11,14-15H,3,12-13H2,1-2,4-7H3;3-4,6-7,10-11,23H,1-2,5,8-9H2,(H,22,27)(H,25,26)(H3,21,24,28);2*1-2H3. The van der Waals surface area contributed by atoms with Crippen molar-refractivity contribution in [3.63, 3.8) is 0 Å². The highest BCUT2D eigenvalue weighted by Gasteiger charge is 2.37. The molecule has 8 heteroatoms. The molecule has 2 aromatic heterocycles. The molecule has 0 radical (unpaired) electrons. The highest BCUT2D eigenvalue weighted by atomic mass is 16.4. The molecule has 0 saturated heterocycles. The summed E-state index contributed by atoms with van der Waals surface area (Å²) in [4.78, 5) is 40.3. The summed E-state index contributed by atoms with van der Waals surface area (Å²) in [6.45, 7) is 26.6. The minimum atomic E-state index is -0.876. The normalized spacial score (nSPS) is 13.4. The number of aryl methyl sites for hydroxylation is 4. The quantitative estimate of drug-likeness (QED) is 0.0901. The number of benzene rings is 3. The van der Waals surface area contributed by atoms with Gasteiger partial charge < -0.3 is 26.1 Å². The molecule has 56 heavy (non-hydrogen) atoms. The van der Waals surface area contributed by atoms with Crippen molar-refractivity contribution >= 4 is 34.2 Å². The van der Waals surface area contributed by atoms with Crippen LogP contribution in [0.1, 0.15) is 136 Å². The molecule has 0 aliphatic heterocycles. The zero-order valence-electron chi connectivity index (χ0n) is 35.3. The van der Waals surface area contributed by atoms with Gasteiger partial charge in [-0.05, 0) is 113 Å². The number of carbonyl (C=O) groups excluding carboxylic acids is 1. The number of nitrogen functional groups attached to an aromatic ring is 1. The average molecular weight is 761 g/mol. The van der Waals surface area contributed by atoms with E-state index in [0.717, 1.165) is 23.1 Å². The van der Waals surface area contributed by atoms with Crippen molar-refractivity contribution in [2.75, 3.05) is 12.3 Å². The third-order valence-electron chi connectivity index (χ3n) is 10.5. The monoisotopic (exact) mass is 760 g/mol. The second-order valence-corrected chi connectivity index (χ2v) is 15.4. The van der Waals surface area contributed by atoms with Gasteiger partial charge in [-0.2, -0.15) is 0 Å². The van der Waals surface area contributed by atoms with E-state index in [1.807, 2.05) is 46.0 Å². The number of amides is 1. The van der Waals surface area contributed by atoms with Crippen molar-refractivity contribution in [3.8, 4) is 0 Å². The second kappa shape index (κ2) is 20.0. The molecule has 0 spiro atoms. The zero-order chi connectivity index (χ0) is 41.8. The summed E-state index contributed by atoms with van der Waals surface area (Å²) in [5.41, 5.74) is 18.5. The summed E-state index contributed by atoms with van der Waals surface area (Å²) in [5.74, 6) is -0.778. The second-order valence-electron chi connectivity index (χ2n) is 15.4. The van der Waals surface area contributed by atoms with E-state index in [0.29, 0.717) is 41.7 Å². The number of aromatic nitrogens is 2. The molecule has 0 atom stereocenters. The van der Waals surface area contributed by atoms with E-state index >= 15 is 0 Å². The number of nitrogens with one attached hydrogen (secondary N) is 3. The maximum Gasteiger partial charge on any atom is 0.303 e. The summed E-state index contributed by atoms with van der Waals surface area (Å²) < 4.78 is 0. The summed E-state index contributed by atoms with van der Waals surface area (Å²) in [5, 5.41) is 11.9. The van der Waals surface area contributed by atoms with Crippen LogP contribution in [0.2, 0.25) is 0 Å². The van der Waals surface area contributed by atoms with Crippen LogP contribution in [0.5, 0.6) is 0 Å². The van der Waals surface area contributed by atoms with Crippen molar-refractivity contribution in [2.45, 2.75) is 119 Å². The van der Waals surface area contributed by atoms with E-state index in [1.165, 1.54) is 46.2 Å². The van der Waals surface area contributed by atoms with Crippen molar-refractivity contribution in [1.29, 1.82) is 0 Å². The number of H-pyrrole nitrogens is 2. The molecule has 0 bridgehead atoms. The Morgan fingerprint density at radius 1 is 0.839 bits per heavy atom. The lowest BCUT2D eigenvalue weighted by Crippen LogP contribution is -2.34. The average Bonchev–Trinajstić information content (AvgIpc) is 3.59. The number of aromatic amines is 2. The van der Waals surface area contributed by atoms with E-state index < -0.39 is 5.97 Å². The summed E-state index contributed by atoms with van der Waals surface area (Å²) >= 11 is 0. The van der Waals surface area contributed by atoms with Gasteiger partial charge in [-0.15, -0.1) is 0 Å². The van der Waals surface area contributed by atoms with E-state index in [4.69, 9.17) is 10.8 Å². The van der Waals surface area contributed by atoms with Gasteiger partial charge in [0.15, 0.2) is 0 Å². The first-order valence-electron chi connectivity index (χ1n) is 20.1. The van der Waals surface area contributed by atoms with Crippen LogP contribution < -0.4 is 16.6 Å². The van der Waals surface area contributed by atoms with Crippen LogP contribution in [-0.2, 0) is 28.5 Å². The Morgan fingerprint density at radius 2 is 1.41 bits per heavy atom. The Morgan fingerprint density at radius 3 is 2.00 bits per heavy atom. The van der Waals surface area contributed by atoms with Crippen molar-refractivity contribution in [2.24, 2.45) is 0 Å². The lowest BCUT2D eigenvalue weighted by atomic mass is 9.62. The van der Waals surface area contributed by atoms with Gasteiger partial charge in [0.2, 0.25) is 0 Å². The molecule has 0 saturated carbocycles. The van der Waals surface area contributed by atoms with Crippen LogP contribution in [0.15, 0.2) is 84.3 Å². The number of rotatable bonds is 10. The molecular weight excluding hydrogens is 697 g/mol. The first-order valence-corrected chi connectivity index (χ1v) is 20.1. The number of nitrogens with two attached hydrogens (primary N) is 1. The predicted octanol–water partition coefficient (Wildman–Crippen LogP) is 10.6. The highest BCUT2D eigenvalue weighted by Crippen LogP contribution is 2.47. The Hall–Kier alpha value is -5.37. The molecule has 3 aromatic carbocycles. The van der Waals surface area contributed by atoms with Gasteiger partial charge in [-0.1, -0.05) is 116 Å². The summed E-state index contributed by atoms with van der Waals surface area (Å²) in [6.07, 6.45) is 6.14. The van der Waals surface area contributed by atoms with Crippen LogP contribution in [0, 0.1) is 13.8 Å². The molecule has 1 amide bonds. The van der Waals surface area contributed by atoms with Crippen LogP contribution in [0.25, 0.3) is 16.5 Å². The molecule has 1 aliphatic carbocycles. The molecule has 6 N–H and O–H groups in total. The summed E-state index contributed by atoms with van der Waals surface area (Å²) in [6, 6.07) is 22.5. The molecule has 1 aliphatic rings. The smallest absolute Gasteiger partial charge is 0.303 e. The molecule has 6 rings (SSSR count). The van der Waals surface area contributed by atoms with Crippen molar-refractivity contribution in [3.05, 3.63) is 140 Å². The number of hydrogen-bond donors (Lipinski definition) is 5. The van der Waals surface area contributed by atoms with E-state index in [-0.39, 0.29) is 28.7 Å². The fraction of sp³-hybridized carbons (Fsp3) is 0.396. The number of carboxylic acid groups (broad SMARTS) is 1. The Kier molecular flexibility index (Phi) is 16.1. The third kappa shape index (κ3) is 11.3. The molecule has 0 fully saturated rings. The molecular formula is C48H64N4O4. The van der Waals surface area contributed by atoms with Gasteiger partial charge in [-0.3, -0.25) is 14.4 Å². The van der Waals surface area contributed by atoms with Crippen LogP contribution in [-0.4, -0.2) is 33.5 Å². The van der Waals surface area contributed by atoms with Gasteiger partial charge in [0.05, 0.1) is 10.9 Å². The topological polar surface area (TPSA) is 141 Å². The molecule has 2 heterocycles. The van der Waals surface area contributed by atoms with Gasteiger partial charge in [0.1, 0.15) is 5.82 Å².